The number of hydrogen-bond donors (Lipinski definition) is 1. The Morgan fingerprint density at radius 2 is 1.90 bits per heavy atom. The summed E-state index contributed by atoms with van der Waals surface area (Å²) < 4.78 is 16.5. The van der Waals surface area contributed by atoms with Crippen LogP contribution >= 0.6 is 0 Å². The second kappa shape index (κ2) is 8.99. The molecule has 0 atom stereocenters. The fourth-order valence-corrected chi connectivity index (χ4v) is 3.30. The molecule has 0 saturated heterocycles. The average molecular weight is 397 g/mol. The summed E-state index contributed by atoms with van der Waals surface area (Å²) in [7, 11) is 0. The van der Waals surface area contributed by atoms with Gasteiger partial charge >= 0.3 is 5.97 Å². The van der Waals surface area contributed by atoms with Gasteiger partial charge in [-0.3, -0.25) is 4.79 Å². The molecular formula is C23H27NO5. The highest BCUT2D eigenvalue weighted by atomic mass is 16.6. The maximum absolute atomic E-state index is 11.9. The Balaban J connectivity index is 1.38. The summed E-state index contributed by atoms with van der Waals surface area (Å²) in [5.41, 5.74) is 3.12. The summed E-state index contributed by atoms with van der Waals surface area (Å²) >= 11 is 0. The maximum Gasteiger partial charge on any atom is 0.344 e. The van der Waals surface area contributed by atoms with Crippen LogP contribution < -0.4 is 14.8 Å². The van der Waals surface area contributed by atoms with E-state index in [1.165, 1.54) is 11.1 Å². The van der Waals surface area contributed by atoms with E-state index >= 15 is 0 Å². The van der Waals surface area contributed by atoms with Gasteiger partial charge in [0.2, 0.25) is 0 Å². The van der Waals surface area contributed by atoms with Crippen LogP contribution in [0.5, 0.6) is 11.5 Å². The summed E-state index contributed by atoms with van der Waals surface area (Å²) in [5, 5.41) is 2.75. The van der Waals surface area contributed by atoms with Crippen molar-refractivity contribution in [1.29, 1.82) is 0 Å². The normalized spacial score (nSPS) is 13.9. The van der Waals surface area contributed by atoms with Gasteiger partial charge < -0.3 is 19.5 Å². The molecule has 0 aliphatic carbocycles. The van der Waals surface area contributed by atoms with Crippen molar-refractivity contribution in [3.05, 3.63) is 59.2 Å². The van der Waals surface area contributed by atoms with Crippen molar-refractivity contribution in [2.24, 2.45) is 0 Å². The Hall–Kier alpha value is -3.02. The highest BCUT2D eigenvalue weighted by Crippen LogP contribution is 2.41. The Bertz CT molecular complexity index is 891. The molecule has 6 nitrogen and oxygen atoms in total. The summed E-state index contributed by atoms with van der Waals surface area (Å²) in [5.74, 6) is 0.235. The van der Waals surface area contributed by atoms with E-state index in [1.54, 1.807) is 6.07 Å². The molecule has 3 rings (SSSR count). The van der Waals surface area contributed by atoms with Crippen molar-refractivity contribution < 1.29 is 23.8 Å². The van der Waals surface area contributed by atoms with Crippen LogP contribution in [0.15, 0.2) is 42.5 Å². The minimum absolute atomic E-state index is 0.281. The molecular weight excluding hydrogens is 370 g/mol. The molecule has 0 radical (unpaired) electrons. The van der Waals surface area contributed by atoms with Crippen molar-refractivity contribution in [2.75, 3.05) is 19.8 Å². The van der Waals surface area contributed by atoms with Gasteiger partial charge in [-0.25, -0.2) is 4.79 Å². The molecule has 0 spiro atoms. The van der Waals surface area contributed by atoms with Gasteiger partial charge in [0.05, 0.1) is 0 Å². The number of carbonyl (C=O) groups excluding carboxylic acids is 2. The number of ether oxygens (including phenoxy) is 3. The largest absolute Gasteiger partial charge is 0.483 e. The molecule has 29 heavy (non-hydrogen) atoms. The highest BCUT2D eigenvalue weighted by molar-refractivity contribution is 5.80. The number of fused-ring (bicyclic) bond motifs is 1. The van der Waals surface area contributed by atoms with Gasteiger partial charge in [0.15, 0.2) is 24.7 Å². The molecule has 1 N–H and O–H groups in total. The van der Waals surface area contributed by atoms with Crippen LogP contribution in [-0.4, -0.2) is 37.2 Å². The Morgan fingerprint density at radius 1 is 1.10 bits per heavy atom. The number of amides is 1. The lowest BCUT2D eigenvalue weighted by Gasteiger charge is -2.18. The second-order valence-corrected chi connectivity index (χ2v) is 7.76. The number of aryl methyl sites for hydroxylation is 1. The number of benzene rings is 2. The van der Waals surface area contributed by atoms with E-state index in [0.29, 0.717) is 18.0 Å². The van der Waals surface area contributed by atoms with Crippen LogP contribution in [0.1, 0.15) is 30.5 Å². The van der Waals surface area contributed by atoms with Gasteiger partial charge in [-0.05, 0) is 44.4 Å². The minimum Gasteiger partial charge on any atom is -0.483 e. The van der Waals surface area contributed by atoms with Crippen LogP contribution in [0.25, 0.3) is 0 Å². The summed E-state index contributed by atoms with van der Waals surface area (Å²) in [6.45, 7) is 5.92. The lowest BCUT2D eigenvalue weighted by atomic mass is 10.0. The quantitative estimate of drug-likeness (QED) is 0.693. The maximum atomic E-state index is 11.9. The Morgan fingerprint density at radius 3 is 2.69 bits per heavy atom. The first-order valence-electron chi connectivity index (χ1n) is 9.74. The predicted octanol–water partition coefficient (Wildman–Crippen LogP) is 2.99. The third-order valence-corrected chi connectivity index (χ3v) is 4.74. The van der Waals surface area contributed by atoms with Gasteiger partial charge in [-0.2, -0.15) is 0 Å². The van der Waals surface area contributed by atoms with Gasteiger partial charge in [0.25, 0.3) is 5.91 Å². The number of carbonyl (C=O) groups is 2. The number of nitrogens with one attached hydrogen (secondary N) is 1. The molecule has 1 amide bonds. The van der Waals surface area contributed by atoms with Gasteiger partial charge in [-0.15, -0.1) is 0 Å². The minimum atomic E-state index is -0.603. The lowest BCUT2D eigenvalue weighted by molar-refractivity contribution is -0.150. The molecule has 2 aromatic rings. The monoisotopic (exact) mass is 397 g/mol. The Labute approximate surface area is 171 Å². The predicted molar refractivity (Wildman–Crippen MR) is 109 cm³/mol. The van der Waals surface area contributed by atoms with E-state index in [9.17, 15) is 9.59 Å². The standard InChI is InChI=1S/C23H27NO5/c1-16-7-4-5-8-17(16)11-12-24-20(25)14-28-21(26)15-27-19-10-6-9-18-13-23(2,3)29-22(18)19/h4-10H,11-15H2,1-3H3,(H,24,25). The van der Waals surface area contributed by atoms with Crippen molar-refractivity contribution in [3.8, 4) is 11.5 Å². The molecule has 1 aliphatic rings. The van der Waals surface area contributed by atoms with Crippen LogP contribution in [0.4, 0.5) is 0 Å². The third kappa shape index (κ3) is 5.73. The zero-order valence-electron chi connectivity index (χ0n) is 17.1. The fourth-order valence-electron chi connectivity index (χ4n) is 3.30. The molecule has 154 valence electrons. The summed E-state index contributed by atoms with van der Waals surface area (Å²) in [6, 6.07) is 13.6. The number of rotatable bonds is 8. The van der Waals surface area contributed by atoms with Crippen LogP contribution in [0.2, 0.25) is 0 Å². The first-order valence-corrected chi connectivity index (χ1v) is 9.74. The van der Waals surface area contributed by atoms with E-state index in [-0.39, 0.29) is 24.7 Å². The highest BCUT2D eigenvalue weighted by Gasteiger charge is 2.32. The molecule has 0 saturated carbocycles. The van der Waals surface area contributed by atoms with Crippen molar-refractivity contribution in [3.63, 3.8) is 0 Å². The van der Waals surface area contributed by atoms with Gasteiger partial charge in [0.1, 0.15) is 5.60 Å². The van der Waals surface area contributed by atoms with E-state index in [2.05, 4.69) is 5.32 Å². The van der Waals surface area contributed by atoms with Crippen molar-refractivity contribution in [2.45, 2.75) is 39.2 Å². The fraction of sp³-hybridized carbons (Fsp3) is 0.391. The molecule has 1 heterocycles. The van der Waals surface area contributed by atoms with E-state index in [4.69, 9.17) is 14.2 Å². The molecule has 6 heteroatoms. The lowest BCUT2D eigenvalue weighted by Crippen LogP contribution is -2.31. The van der Waals surface area contributed by atoms with Gasteiger partial charge in [-0.1, -0.05) is 36.4 Å². The van der Waals surface area contributed by atoms with E-state index < -0.39 is 5.97 Å². The molecule has 0 fully saturated rings. The first kappa shape index (κ1) is 20.7. The van der Waals surface area contributed by atoms with E-state index in [0.717, 1.165) is 18.4 Å². The van der Waals surface area contributed by atoms with Crippen LogP contribution in [0.3, 0.4) is 0 Å². The van der Waals surface area contributed by atoms with Crippen molar-refractivity contribution in [1.82, 2.24) is 5.32 Å². The molecule has 2 aromatic carbocycles. The smallest absolute Gasteiger partial charge is 0.344 e. The number of esters is 1. The Kier molecular flexibility index (Phi) is 6.42. The topological polar surface area (TPSA) is 73.9 Å². The molecule has 0 aromatic heterocycles. The van der Waals surface area contributed by atoms with Crippen LogP contribution in [0, 0.1) is 6.92 Å². The summed E-state index contributed by atoms with van der Waals surface area (Å²) in [6.07, 6.45) is 1.51. The molecule has 1 aliphatic heterocycles. The summed E-state index contributed by atoms with van der Waals surface area (Å²) in [4.78, 5) is 23.8. The third-order valence-electron chi connectivity index (χ3n) is 4.74. The SMILES string of the molecule is Cc1ccccc1CCNC(=O)COC(=O)COc1cccc2c1OC(C)(C)C2. The number of hydrogen-bond acceptors (Lipinski definition) is 5. The average Bonchev–Trinajstić information content (AvgIpc) is 3.00. The first-order chi connectivity index (χ1) is 13.8. The molecule has 0 unspecified atom stereocenters. The van der Waals surface area contributed by atoms with E-state index in [1.807, 2.05) is 57.2 Å². The van der Waals surface area contributed by atoms with Gasteiger partial charge in [0, 0.05) is 18.5 Å². The zero-order chi connectivity index (χ0) is 20.9. The second-order valence-electron chi connectivity index (χ2n) is 7.76. The molecule has 0 bridgehead atoms. The van der Waals surface area contributed by atoms with Crippen LogP contribution in [-0.2, 0) is 27.2 Å². The number of para-hydroxylation sites is 1. The van der Waals surface area contributed by atoms with Crippen molar-refractivity contribution >= 4 is 11.9 Å². The zero-order valence-corrected chi connectivity index (χ0v) is 17.1.